The molecule has 0 saturated heterocycles. The second-order valence-corrected chi connectivity index (χ2v) is 16.3. The Morgan fingerprint density at radius 1 is 0.527 bits per heavy atom. The number of urea groups is 1. The van der Waals surface area contributed by atoms with Gasteiger partial charge in [0.05, 0.1) is 24.1 Å². The first-order valence-corrected chi connectivity index (χ1v) is 20.0. The summed E-state index contributed by atoms with van der Waals surface area (Å²) >= 11 is 0. The third-order valence-electron chi connectivity index (χ3n) is 9.33. The number of aryl methyl sites for hydroxylation is 2. The van der Waals surface area contributed by atoms with E-state index in [1.165, 1.54) is 0 Å². The van der Waals surface area contributed by atoms with Gasteiger partial charge in [0.25, 0.3) is 0 Å². The van der Waals surface area contributed by atoms with Crippen LogP contribution in [0.3, 0.4) is 0 Å². The molecule has 1 N–H and O–H groups in total. The summed E-state index contributed by atoms with van der Waals surface area (Å²) in [6.07, 6.45) is 0. The Morgan fingerprint density at radius 2 is 0.964 bits per heavy atom. The van der Waals surface area contributed by atoms with Gasteiger partial charge >= 0.3 is 6.03 Å². The minimum Gasteiger partial charge on any atom is -0.316 e. The van der Waals surface area contributed by atoms with Crippen LogP contribution in [0, 0.1) is 13.8 Å². The number of aliphatic imine (C=N–C) groups is 2. The number of hydrogen-bond donors (Lipinski definition) is 1. The zero-order chi connectivity index (χ0) is 37.9. The van der Waals surface area contributed by atoms with Crippen LogP contribution in [0.5, 0.6) is 0 Å². The van der Waals surface area contributed by atoms with Crippen molar-refractivity contribution in [3.8, 4) is 0 Å². The normalized spacial score (nSPS) is 10.9. The van der Waals surface area contributed by atoms with E-state index in [9.17, 15) is 4.79 Å². The van der Waals surface area contributed by atoms with Crippen LogP contribution in [0.15, 0.2) is 203 Å². The molecule has 0 atom stereocenters. The minimum absolute atomic E-state index is 0.235. The lowest BCUT2D eigenvalue weighted by molar-refractivity contribution is 0.206. The molecule has 0 fully saturated rings. The van der Waals surface area contributed by atoms with Crippen LogP contribution in [0.25, 0.3) is 0 Å². The zero-order valence-electron chi connectivity index (χ0n) is 31.0. The lowest BCUT2D eigenvalue weighted by Gasteiger charge is -2.28. The predicted octanol–water partition coefficient (Wildman–Crippen LogP) is 11.5. The highest BCUT2D eigenvalue weighted by Gasteiger charge is 2.28. The fraction of sp³-hybridized carbons (Fsp3) is 0.0833. The molecule has 0 aliphatic rings. The van der Waals surface area contributed by atoms with Gasteiger partial charge in [0.2, 0.25) is 0 Å². The number of anilines is 1. The van der Waals surface area contributed by atoms with Crippen molar-refractivity contribution in [2.24, 2.45) is 14.7 Å². The van der Waals surface area contributed by atoms with Crippen molar-refractivity contribution in [1.82, 2.24) is 4.90 Å². The van der Waals surface area contributed by atoms with Gasteiger partial charge in [-0.25, -0.2) is 4.79 Å². The van der Waals surface area contributed by atoms with Crippen molar-refractivity contribution in [2.45, 2.75) is 26.9 Å². The van der Waals surface area contributed by atoms with Crippen LogP contribution in [0.1, 0.15) is 22.3 Å². The molecule has 0 spiro atoms. The number of nitrogens with one attached hydrogen (secondary N) is 1. The van der Waals surface area contributed by atoms with Crippen LogP contribution >= 0.6 is 7.05 Å². The summed E-state index contributed by atoms with van der Waals surface area (Å²) in [5.41, 5.74) is 7.07. The standard InChI is InChI=1S/C48H42N5OP/c1-37-26-30-41(31-27-37)49-36-50-46-24-14-12-16-39(46)34-53(48(54)51-42-32-28-38(2)29-33-42)35-40-17-13-15-25-47(40)52-55(43-18-6-3-7-19-43,44-20-8-4-9-21-44)45-22-10-5-11-23-45/h3-33H,34-35H2,1-2H3,(H,51,54). The molecule has 7 rings (SSSR count). The maximum absolute atomic E-state index is 14.3. The van der Waals surface area contributed by atoms with Gasteiger partial charge in [0.15, 0.2) is 0 Å². The fourth-order valence-electron chi connectivity index (χ4n) is 6.41. The van der Waals surface area contributed by atoms with Crippen molar-refractivity contribution in [3.05, 3.63) is 210 Å². The molecule has 7 aromatic rings. The van der Waals surface area contributed by atoms with E-state index in [-0.39, 0.29) is 12.6 Å². The lowest BCUT2D eigenvalue weighted by atomic mass is 10.1. The number of benzene rings is 7. The SMILES string of the molecule is Cc1ccc(N=C=Nc2ccccc2CN(Cc2ccccc2N=P(c2ccccc2)(c2ccccc2)c2ccccc2)C(=O)Nc2ccc(C)cc2)cc1. The number of amides is 2. The Kier molecular flexibility index (Phi) is 11.7. The first-order chi connectivity index (χ1) is 27.0. The summed E-state index contributed by atoms with van der Waals surface area (Å²) in [6.45, 7) is 4.65. The van der Waals surface area contributed by atoms with Gasteiger partial charge in [0, 0.05) is 34.7 Å². The molecule has 0 aliphatic heterocycles. The average Bonchev–Trinajstić information content (AvgIpc) is 3.23. The van der Waals surface area contributed by atoms with Crippen molar-refractivity contribution in [3.63, 3.8) is 0 Å². The number of hydrogen-bond acceptors (Lipinski definition) is 4. The van der Waals surface area contributed by atoms with E-state index >= 15 is 0 Å². The van der Waals surface area contributed by atoms with E-state index in [1.54, 1.807) is 0 Å². The Balaban J connectivity index is 1.32. The molecular weight excluding hydrogens is 694 g/mol. The molecule has 6 nitrogen and oxygen atoms in total. The van der Waals surface area contributed by atoms with Crippen LogP contribution < -0.4 is 21.2 Å². The highest BCUT2D eigenvalue weighted by atomic mass is 31.2. The summed E-state index contributed by atoms with van der Waals surface area (Å²) in [6, 6.07) is 66.1. The summed E-state index contributed by atoms with van der Waals surface area (Å²) in [5.74, 6) is 0. The molecule has 0 unspecified atom stereocenters. The van der Waals surface area contributed by atoms with Crippen molar-refractivity contribution in [1.29, 1.82) is 0 Å². The molecule has 55 heavy (non-hydrogen) atoms. The number of rotatable bonds is 11. The first-order valence-electron chi connectivity index (χ1n) is 18.3. The Hall–Kier alpha value is -6.58. The van der Waals surface area contributed by atoms with Crippen molar-refractivity contribution >= 4 is 57.8 Å². The summed E-state index contributed by atoms with van der Waals surface area (Å²) in [7, 11) is -2.57. The van der Waals surface area contributed by atoms with Crippen LogP contribution in [0.2, 0.25) is 0 Å². The van der Waals surface area contributed by atoms with Gasteiger partial charge in [-0.05, 0) is 61.4 Å². The van der Waals surface area contributed by atoms with Crippen LogP contribution in [-0.4, -0.2) is 16.9 Å². The van der Waals surface area contributed by atoms with Gasteiger partial charge in [-0.3, -0.25) is 4.74 Å². The molecular formula is C48H42N5OP. The average molecular weight is 736 g/mol. The number of carbonyl (C=O) groups excluding carboxylic acids is 1. The predicted molar refractivity (Wildman–Crippen MR) is 230 cm³/mol. The molecule has 2 amide bonds. The molecule has 270 valence electrons. The Labute approximate surface area is 323 Å². The molecule has 7 heteroatoms. The molecule has 0 heterocycles. The second kappa shape index (κ2) is 17.5. The maximum Gasteiger partial charge on any atom is 0.322 e. The molecule has 0 aliphatic carbocycles. The van der Waals surface area contributed by atoms with E-state index in [0.29, 0.717) is 12.2 Å². The molecule has 0 bridgehead atoms. The van der Waals surface area contributed by atoms with Crippen molar-refractivity contribution in [2.75, 3.05) is 5.32 Å². The molecule has 0 aromatic heterocycles. The number of carbonyl (C=O) groups is 1. The van der Waals surface area contributed by atoms with Crippen LogP contribution in [0.4, 0.5) is 27.5 Å². The van der Waals surface area contributed by atoms with E-state index in [4.69, 9.17) is 4.74 Å². The van der Waals surface area contributed by atoms with Gasteiger partial charge in [0.1, 0.15) is 6.01 Å². The topological polar surface area (TPSA) is 69.4 Å². The highest BCUT2D eigenvalue weighted by Crippen LogP contribution is 2.49. The van der Waals surface area contributed by atoms with E-state index in [1.807, 2.05) is 122 Å². The zero-order valence-corrected chi connectivity index (χ0v) is 31.9. The smallest absolute Gasteiger partial charge is 0.316 e. The lowest BCUT2D eigenvalue weighted by Crippen LogP contribution is -2.34. The molecule has 0 radical (unpaired) electrons. The second-order valence-electron chi connectivity index (χ2n) is 13.3. The van der Waals surface area contributed by atoms with Crippen LogP contribution in [-0.2, 0) is 13.1 Å². The van der Waals surface area contributed by atoms with Gasteiger partial charge in [-0.15, -0.1) is 0 Å². The first kappa shape index (κ1) is 36.8. The third-order valence-corrected chi connectivity index (χ3v) is 13.0. The summed E-state index contributed by atoms with van der Waals surface area (Å²) in [5, 5.41) is 6.59. The van der Waals surface area contributed by atoms with Gasteiger partial charge in [-0.1, -0.05) is 163 Å². The third kappa shape index (κ3) is 8.97. The van der Waals surface area contributed by atoms with E-state index in [2.05, 4.69) is 106 Å². The summed E-state index contributed by atoms with van der Waals surface area (Å²) in [4.78, 5) is 25.2. The largest absolute Gasteiger partial charge is 0.322 e. The van der Waals surface area contributed by atoms with Gasteiger partial charge < -0.3 is 10.2 Å². The highest BCUT2D eigenvalue weighted by molar-refractivity contribution is 7.87. The monoisotopic (exact) mass is 735 g/mol. The molecule has 0 saturated carbocycles. The molecule has 7 aromatic carbocycles. The summed E-state index contributed by atoms with van der Waals surface area (Å²) < 4.78 is 5.82. The fourth-order valence-corrected chi connectivity index (χ4v) is 9.98. The maximum atomic E-state index is 14.3. The Morgan fingerprint density at radius 3 is 1.49 bits per heavy atom. The van der Waals surface area contributed by atoms with E-state index < -0.39 is 7.05 Å². The van der Waals surface area contributed by atoms with Crippen molar-refractivity contribution < 1.29 is 4.79 Å². The number of para-hydroxylation sites is 1. The van der Waals surface area contributed by atoms with Gasteiger partial charge in [-0.2, -0.15) is 9.98 Å². The van der Waals surface area contributed by atoms with E-state index in [0.717, 1.165) is 55.2 Å². The Bertz CT molecular complexity index is 2370. The number of nitrogens with zero attached hydrogens (tertiary/aromatic N) is 4. The quantitative estimate of drug-likeness (QED) is 0.104. The minimum atomic E-state index is -2.57.